The highest BCUT2D eigenvalue weighted by Crippen LogP contribution is 2.36. The van der Waals surface area contributed by atoms with Crippen molar-refractivity contribution in [2.75, 3.05) is 6.54 Å². The molecule has 0 heterocycles. The van der Waals surface area contributed by atoms with E-state index in [1.54, 1.807) is 6.08 Å². The number of aliphatic hydroxyl groups is 3. The number of aliphatic carboxylic acids is 1. The molecule has 1 saturated carbocycles. The van der Waals surface area contributed by atoms with E-state index in [1.165, 1.54) is 0 Å². The molecule has 7 nitrogen and oxygen atoms in total. The van der Waals surface area contributed by atoms with Gasteiger partial charge in [0.15, 0.2) is 0 Å². The van der Waals surface area contributed by atoms with Crippen molar-refractivity contribution in [2.24, 2.45) is 11.8 Å². The summed E-state index contributed by atoms with van der Waals surface area (Å²) in [5.41, 5.74) is 0. The number of carboxylic acids is 1. The van der Waals surface area contributed by atoms with E-state index in [0.717, 1.165) is 25.7 Å². The van der Waals surface area contributed by atoms with Crippen molar-refractivity contribution in [1.82, 2.24) is 5.32 Å². The minimum atomic E-state index is -0.861. The zero-order chi connectivity index (χ0) is 23.1. The molecular weight excluding hydrogens is 398 g/mol. The summed E-state index contributed by atoms with van der Waals surface area (Å²) in [6.07, 6.45) is 13.1. The number of carbonyl (C=O) groups excluding carboxylic acids is 1. The van der Waals surface area contributed by atoms with Gasteiger partial charge >= 0.3 is 5.97 Å². The Morgan fingerprint density at radius 3 is 2.55 bits per heavy atom. The molecule has 0 spiro atoms. The van der Waals surface area contributed by atoms with Gasteiger partial charge in [-0.1, -0.05) is 50.5 Å². The second-order valence-electron chi connectivity index (χ2n) is 8.51. The normalized spacial score (nSPS) is 24.8. The van der Waals surface area contributed by atoms with Gasteiger partial charge in [0.1, 0.15) is 0 Å². The molecule has 1 rings (SSSR count). The van der Waals surface area contributed by atoms with Gasteiger partial charge in [0.05, 0.1) is 18.3 Å². The number of aliphatic hydroxyl groups excluding tert-OH is 3. The predicted octanol–water partition coefficient (Wildman–Crippen LogP) is 2.94. The molecular formula is C24H41NO6. The van der Waals surface area contributed by atoms with Gasteiger partial charge in [0.25, 0.3) is 0 Å². The van der Waals surface area contributed by atoms with Gasteiger partial charge in [-0.2, -0.15) is 0 Å². The molecule has 1 aliphatic rings. The summed E-state index contributed by atoms with van der Waals surface area (Å²) in [5, 5.41) is 41.9. The highest BCUT2D eigenvalue weighted by molar-refractivity contribution is 5.75. The number of allylic oxidation sites excluding steroid dienone is 2. The van der Waals surface area contributed by atoms with Crippen molar-refractivity contribution >= 4 is 11.9 Å². The largest absolute Gasteiger partial charge is 0.481 e. The molecule has 1 aliphatic carbocycles. The van der Waals surface area contributed by atoms with Crippen LogP contribution >= 0.6 is 0 Å². The van der Waals surface area contributed by atoms with Crippen molar-refractivity contribution < 1.29 is 30.0 Å². The lowest BCUT2D eigenvalue weighted by Crippen LogP contribution is -2.24. The van der Waals surface area contributed by atoms with Gasteiger partial charge < -0.3 is 25.7 Å². The fourth-order valence-electron chi connectivity index (χ4n) is 3.97. The standard InChI is InChI=1S/C24H41NO6/c1-2-3-6-10-18(26)14-15-20-19(21(27)17-22(20)28)11-7-4-5-8-12-23(29)25-16-9-13-24(30)31/h4,7,14-15,18-22,26-28H,2-3,5-6,8-13,16-17H2,1H3,(H,25,29)(H,30,31)/b7-4-,15-14+/t18-,19+,20+,21-,22+/m0/s1. The van der Waals surface area contributed by atoms with E-state index in [1.807, 2.05) is 18.2 Å². The molecule has 0 aromatic carbocycles. The summed E-state index contributed by atoms with van der Waals surface area (Å²) < 4.78 is 0. The molecule has 0 aliphatic heterocycles. The van der Waals surface area contributed by atoms with Crippen LogP contribution in [0.3, 0.4) is 0 Å². The number of unbranched alkanes of at least 4 members (excludes halogenated alkanes) is 3. The van der Waals surface area contributed by atoms with Crippen LogP contribution in [0, 0.1) is 11.8 Å². The molecule has 0 aromatic rings. The van der Waals surface area contributed by atoms with Crippen LogP contribution < -0.4 is 5.32 Å². The quantitative estimate of drug-likeness (QED) is 0.186. The maximum Gasteiger partial charge on any atom is 0.303 e. The van der Waals surface area contributed by atoms with E-state index in [4.69, 9.17) is 5.11 Å². The maximum atomic E-state index is 11.7. The van der Waals surface area contributed by atoms with E-state index >= 15 is 0 Å². The van der Waals surface area contributed by atoms with Crippen LogP contribution in [0.2, 0.25) is 0 Å². The van der Waals surface area contributed by atoms with E-state index in [9.17, 15) is 24.9 Å². The zero-order valence-electron chi connectivity index (χ0n) is 18.8. The third-order valence-corrected chi connectivity index (χ3v) is 5.81. The summed E-state index contributed by atoms with van der Waals surface area (Å²) in [6, 6.07) is 0. The summed E-state index contributed by atoms with van der Waals surface area (Å²) in [5.74, 6) is -1.18. The molecule has 178 valence electrons. The van der Waals surface area contributed by atoms with Crippen molar-refractivity contribution in [3.8, 4) is 0 Å². The Labute approximate surface area is 186 Å². The first kappa shape index (κ1) is 27.3. The lowest BCUT2D eigenvalue weighted by molar-refractivity contribution is -0.137. The first-order valence-corrected chi connectivity index (χ1v) is 11.7. The lowest BCUT2D eigenvalue weighted by Gasteiger charge is -2.19. The Bertz CT molecular complexity index is 576. The van der Waals surface area contributed by atoms with Crippen LogP contribution in [0.5, 0.6) is 0 Å². The molecule has 0 unspecified atom stereocenters. The minimum absolute atomic E-state index is 0.0543. The Morgan fingerprint density at radius 2 is 1.84 bits per heavy atom. The molecule has 31 heavy (non-hydrogen) atoms. The minimum Gasteiger partial charge on any atom is -0.481 e. The van der Waals surface area contributed by atoms with Crippen molar-refractivity contribution in [1.29, 1.82) is 0 Å². The number of nitrogens with one attached hydrogen (secondary N) is 1. The lowest BCUT2D eigenvalue weighted by atomic mass is 9.89. The van der Waals surface area contributed by atoms with E-state index in [-0.39, 0.29) is 24.2 Å². The number of carboxylic acid groups (broad SMARTS) is 1. The predicted molar refractivity (Wildman–Crippen MR) is 120 cm³/mol. The average molecular weight is 440 g/mol. The number of amides is 1. The Hall–Kier alpha value is -1.70. The van der Waals surface area contributed by atoms with Crippen LogP contribution in [-0.2, 0) is 9.59 Å². The van der Waals surface area contributed by atoms with Crippen LogP contribution in [0.4, 0.5) is 0 Å². The molecule has 1 fully saturated rings. The summed E-state index contributed by atoms with van der Waals surface area (Å²) >= 11 is 0. The molecule has 0 aromatic heterocycles. The van der Waals surface area contributed by atoms with Gasteiger partial charge in [0.2, 0.25) is 5.91 Å². The molecule has 7 heteroatoms. The molecule has 5 atom stereocenters. The number of hydrogen-bond acceptors (Lipinski definition) is 5. The Kier molecular flexibility index (Phi) is 14.1. The first-order chi connectivity index (χ1) is 14.8. The van der Waals surface area contributed by atoms with Crippen LogP contribution in [0.1, 0.15) is 77.6 Å². The Balaban J connectivity index is 2.31. The molecule has 1 amide bonds. The summed E-state index contributed by atoms with van der Waals surface area (Å²) in [7, 11) is 0. The fraction of sp³-hybridized carbons (Fsp3) is 0.750. The van der Waals surface area contributed by atoms with Crippen molar-refractivity contribution in [3.63, 3.8) is 0 Å². The van der Waals surface area contributed by atoms with Gasteiger partial charge in [-0.3, -0.25) is 9.59 Å². The molecule has 0 saturated heterocycles. The Morgan fingerprint density at radius 1 is 1.06 bits per heavy atom. The third-order valence-electron chi connectivity index (χ3n) is 5.81. The molecule has 0 bridgehead atoms. The van der Waals surface area contributed by atoms with Crippen LogP contribution in [0.15, 0.2) is 24.3 Å². The number of carbonyl (C=O) groups is 2. The van der Waals surface area contributed by atoms with Gasteiger partial charge in [-0.05, 0) is 38.0 Å². The second-order valence-corrected chi connectivity index (χ2v) is 8.51. The molecule has 0 radical (unpaired) electrons. The van der Waals surface area contributed by atoms with Crippen molar-refractivity contribution in [3.05, 3.63) is 24.3 Å². The van der Waals surface area contributed by atoms with E-state index in [0.29, 0.717) is 45.1 Å². The number of rotatable bonds is 16. The van der Waals surface area contributed by atoms with E-state index in [2.05, 4.69) is 12.2 Å². The highest BCUT2D eigenvalue weighted by atomic mass is 16.4. The smallest absolute Gasteiger partial charge is 0.303 e. The van der Waals surface area contributed by atoms with Gasteiger partial charge in [0, 0.05) is 31.7 Å². The zero-order valence-corrected chi connectivity index (χ0v) is 18.8. The SMILES string of the molecule is CCCCC[C@H](O)/C=C/[C@@H]1[C@@H](C/C=C\CCCC(=O)NCCCC(=O)O)[C@@H](O)C[C@H]1O. The van der Waals surface area contributed by atoms with E-state index < -0.39 is 24.3 Å². The summed E-state index contributed by atoms with van der Waals surface area (Å²) in [6.45, 7) is 2.50. The fourth-order valence-corrected chi connectivity index (χ4v) is 3.97. The van der Waals surface area contributed by atoms with Gasteiger partial charge in [-0.15, -0.1) is 0 Å². The van der Waals surface area contributed by atoms with Crippen molar-refractivity contribution in [2.45, 2.75) is 95.9 Å². The highest BCUT2D eigenvalue weighted by Gasteiger charge is 2.39. The third kappa shape index (κ3) is 12.1. The monoisotopic (exact) mass is 439 g/mol. The second kappa shape index (κ2) is 16.0. The van der Waals surface area contributed by atoms with Crippen LogP contribution in [-0.4, -0.2) is 57.2 Å². The number of hydrogen-bond donors (Lipinski definition) is 5. The average Bonchev–Trinajstić information content (AvgIpc) is 2.98. The first-order valence-electron chi connectivity index (χ1n) is 11.7. The topological polar surface area (TPSA) is 127 Å². The molecule has 5 N–H and O–H groups in total. The maximum absolute atomic E-state index is 11.7. The van der Waals surface area contributed by atoms with Crippen LogP contribution in [0.25, 0.3) is 0 Å². The van der Waals surface area contributed by atoms with Gasteiger partial charge in [-0.25, -0.2) is 0 Å². The summed E-state index contributed by atoms with van der Waals surface area (Å²) in [4.78, 5) is 22.1.